The third kappa shape index (κ3) is 3.39. The number of fused-ring (bicyclic) bond motifs is 3. The molecule has 6 N–H and O–H groups in total. The molecule has 10 nitrogen and oxygen atoms in total. The molecule has 0 spiro atoms. The Labute approximate surface area is 214 Å². The third-order valence-electron chi connectivity index (χ3n) is 8.72. The maximum absolute atomic E-state index is 13.8. The molecule has 198 valence electrons. The Kier molecular flexibility index (Phi) is 5.97. The number of carbonyl (C=O) groups is 3. The van der Waals surface area contributed by atoms with Gasteiger partial charge in [-0.15, -0.1) is 0 Å². The van der Waals surface area contributed by atoms with Gasteiger partial charge in [0.15, 0.2) is 11.4 Å². The summed E-state index contributed by atoms with van der Waals surface area (Å²) in [5.74, 6) is -7.34. The number of aliphatic hydroxyl groups excluding tert-OH is 2. The van der Waals surface area contributed by atoms with E-state index in [-0.39, 0.29) is 22.8 Å². The van der Waals surface area contributed by atoms with Gasteiger partial charge in [0.1, 0.15) is 22.8 Å². The van der Waals surface area contributed by atoms with Crippen molar-refractivity contribution in [2.24, 2.45) is 23.5 Å². The number of Topliss-reactive ketones (excluding diaryl/α,β-unsaturated/α-hetero) is 2. The van der Waals surface area contributed by atoms with Crippen LogP contribution in [0.5, 0.6) is 5.75 Å². The van der Waals surface area contributed by atoms with Crippen LogP contribution in [-0.4, -0.2) is 81.2 Å². The first-order valence-electron chi connectivity index (χ1n) is 12.5. The van der Waals surface area contributed by atoms with E-state index < -0.39 is 70.1 Å². The second kappa shape index (κ2) is 8.68. The molecule has 37 heavy (non-hydrogen) atoms. The number of carbonyl (C=O) groups excluding carboxylic acids is 3. The number of ether oxygens (including phenoxy) is 1. The number of phenols is 1. The van der Waals surface area contributed by atoms with Crippen LogP contribution >= 0.6 is 0 Å². The lowest BCUT2D eigenvalue weighted by molar-refractivity contribution is -0.172. The Morgan fingerprint density at radius 1 is 1.19 bits per heavy atom. The fourth-order valence-corrected chi connectivity index (χ4v) is 6.66. The number of phenolic OH excluding ortho intramolecular Hbond substituents is 1. The standard InChI is InChI=1S/C27H32N2O8/c1-11-13-8-5-9-14(30)16(13)21(31)17-15(11)23(37-10-12-6-4-7-12)19-20(29(2)3)22(32)18(26(28)35)25(34)27(19,36)24(17)33/h5,8-9,11-12,15,19-20,23,30,32-33,36H,4,6-7,10H2,1-3H3,(H2,28,35)/t11-,15+,19+,20+,23-,27-/m0/s1. The summed E-state index contributed by atoms with van der Waals surface area (Å²) in [4.78, 5) is 41.2. The zero-order valence-corrected chi connectivity index (χ0v) is 21.0. The highest BCUT2D eigenvalue weighted by molar-refractivity contribution is 6.25. The highest BCUT2D eigenvalue weighted by Crippen LogP contribution is 2.56. The van der Waals surface area contributed by atoms with Crippen molar-refractivity contribution in [1.29, 1.82) is 0 Å². The number of aromatic hydroxyl groups is 1. The minimum atomic E-state index is -2.76. The summed E-state index contributed by atoms with van der Waals surface area (Å²) >= 11 is 0. The van der Waals surface area contributed by atoms with E-state index in [1.807, 2.05) is 6.92 Å². The van der Waals surface area contributed by atoms with Crippen LogP contribution < -0.4 is 5.73 Å². The van der Waals surface area contributed by atoms with Gasteiger partial charge in [-0.25, -0.2) is 0 Å². The predicted octanol–water partition coefficient (Wildman–Crippen LogP) is 1.48. The molecule has 4 aliphatic carbocycles. The van der Waals surface area contributed by atoms with Crippen molar-refractivity contribution in [3.63, 3.8) is 0 Å². The molecule has 0 unspecified atom stereocenters. The highest BCUT2D eigenvalue weighted by atomic mass is 16.5. The zero-order chi connectivity index (χ0) is 27.0. The van der Waals surface area contributed by atoms with Gasteiger partial charge in [-0.3, -0.25) is 19.3 Å². The van der Waals surface area contributed by atoms with Crippen LogP contribution in [-0.2, 0) is 14.3 Å². The van der Waals surface area contributed by atoms with Crippen LogP contribution in [0.2, 0.25) is 0 Å². The van der Waals surface area contributed by atoms with Crippen LogP contribution in [0.1, 0.15) is 48.0 Å². The molecule has 1 amide bonds. The van der Waals surface area contributed by atoms with Gasteiger partial charge in [0.05, 0.1) is 23.6 Å². The fourth-order valence-electron chi connectivity index (χ4n) is 6.66. The van der Waals surface area contributed by atoms with Crippen molar-refractivity contribution in [2.45, 2.75) is 49.9 Å². The topological polar surface area (TPSA) is 171 Å². The Balaban J connectivity index is 1.79. The smallest absolute Gasteiger partial charge is 0.255 e. The van der Waals surface area contributed by atoms with Crippen LogP contribution in [0.4, 0.5) is 0 Å². The average molecular weight is 513 g/mol. The number of primary amides is 1. The Morgan fingerprint density at radius 2 is 1.86 bits per heavy atom. The normalized spacial score (nSPS) is 33.7. The molecule has 0 heterocycles. The van der Waals surface area contributed by atoms with Gasteiger partial charge in [-0.1, -0.05) is 25.5 Å². The number of hydrogen-bond acceptors (Lipinski definition) is 9. The molecular formula is C27H32N2O8. The lowest BCUT2D eigenvalue weighted by atomic mass is 9.55. The number of nitrogens with two attached hydrogens (primary N) is 1. The van der Waals surface area contributed by atoms with E-state index >= 15 is 0 Å². The molecule has 4 aliphatic rings. The second-order valence-electron chi connectivity index (χ2n) is 10.9. The minimum Gasteiger partial charge on any atom is -0.510 e. The summed E-state index contributed by atoms with van der Waals surface area (Å²) in [5.41, 5.74) is 2.12. The number of nitrogens with zero attached hydrogens (tertiary/aromatic N) is 1. The lowest BCUT2D eigenvalue weighted by Gasteiger charge is -2.55. The number of ketones is 2. The summed E-state index contributed by atoms with van der Waals surface area (Å²) in [5, 5.41) is 45.2. The van der Waals surface area contributed by atoms with E-state index in [0.717, 1.165) is 19.3 Å². The van der Waals surface area contributed by atoms with E-state index in [0.29, 0.717) is 12.2 Å². The molecule has 6 atom stereocenters. The first-order chi connectivity index (χ1) is 17.4. The monoisotopic (exact) mass is 512 g/mol. The molecule has 0 aliphatic heterocycles. The maximum Gasteiger partial charge on any atom is 0.255 e. The summed E-state index contributed by atoms with van der Waals surface area (Å²) in [6, 6.07) is 3.56. The quantitative estimate of drug-likeness (QED) is 0.367. The number of aliphatic hydroxyl groups is 3. The Morgan fingerprint density at radius 3 is 2.43 bits per heavy atom. The second-order valence-corrected chi connectivity index (χ2v) is 10.9. The fraction of sp³-hybridized carbons (Fsp3) is 0.519. The van der Waals surface area contributed by atoms with Crippen LogP contribution in [0.25, 0.3) is 0 Å². The molecule has 1 aromatic carbocycles. The van der Waals surface area contributed by atoms with Gasteiger partial charge in [-0.05, 0) is 50.4 Å². The average Bonchev–Trinajstić information content (AvgIpc) is 2.79. The van der Waals surface area contributed by atoms with E-state index in [2.05, 4.69) is 0 Å². The van der Waals surface area contributed by atoms with E-state index in [4.69, 9.17) is 10.5 Å². The Hall–Kier alpha value is -3.21. The molecule has 1 aromatic rings. The number of likely N-dealkylation sites (N-methyl/N-ethyl adjacent to an activating group) is 1. The largest absolute Gasteiger partial charge is 0.510 e. The van der Waals surface area contributed by atoms with Crippen LogP contribution in [0.3, 0.4) is 0 Å². The zero-order valence-electron chi connectivity index (χ0n) is 21.0. The third-order valence-corrected chi connectivity index (χ3v) is 8.72. The van der Waals surface area contributed by atoms with Gasteiger partial charge in [0.2, 0.25) is 5.78 Å². The van der Waals surface area contributed by atoms with E-state index in [1.165, 1.54) is 11.0 Å². The molecule has 0 bridgehead atoms. The van der Waals surface area contributed by atoms with Crippen molar-refractivity contribution < 1.29 is 39.5 Å². The van der Waals surface area contributed by atoms with Gasteiger partial charge in [0.25, 0.3) is 5.91 Å². The molecular weight excluding hydrogens is 480 g/mol. The first-order valence-corrected chi connectivity index (χ1v) is 12.5. The van der Waals surface area contributed by atoms with Crippen LogP contribution in [0.15, 0.2) is 40.9 Å². The van der Waals surface area contributed by atoms with Gasteiger partial charge in [0, 0.05) is 18.1 Å². The van der Waals surface area contributed by atoms with Crippen molar-refractivity contribution >= 4 is 17.5 Å². The molecule has 0 radical (unpaired) electrons. The lowest BCUT2D eigenvalue weighted by Crippen LogP contribution is -2.69. The van der Waals surface area contributed by atoms with Gasteiger partial charge < -0.3 is 30.9 Å². The molecule has 10 heteroatoms. The highest BCUT2D eigenvalue weighted by Gasteiger charge is 2.68. The SMILES string of the molecule is C[C@H]1c2cccc(O)c2C(=O)C2=C(O)[C@]3(O)C(=O)C(C(N)=O)=C(O)[C@H](N(C)C)[C@@H]3[C@@H](OCC3CCC3)[C@@H]21. The predicted molar refractivity (Wildman–Crippen MR) is 131 cm³/mol. The number of amides is 1. The maximum atomic E-state index is 13.8. The van der Waals surface area contributed by atoms with Gasteiger partial charge >= 0.3 is 0 Å². The number of hydrogen-bond donors (Lipinski definition) is 5. The number of rotatable bonds is 5. The summed E-state index contributed by atoms with van der Waals surface area (Å²) < 4.78 is 6.43. The van der Waals surface area contributed by atoms with E-state index in [9.17, 15) is 34.8 Å². The van der Waals surface area contributed by atoms with Crippen LogP contribution in [0, 0.1) is 17.8 Å². The first kappa shape index (κ1) is 25.4. The van der Waals surface area contributed by atoms with Crippen molar-refractivity contribution in [3.8, 4) is 5.75 Å². The van der Waals surface area contributed by atoms with Gasteiger partial charge in [-0.2, -0.15) is 0 Å². The van der Waals surface area contributed by atoms with Crippen molar-refractivity contribution in [3.05, 3.63) is 52.0 Å². The summed E-state index contributed by atoms with van der Waals surface area (Å²) in [7, 11) is 3.19. The van der Waals surface area contributed by atoms with Crippen molar-refractivity contribution in [2.75, 3.05) is 20.7 Å². The summed E-state index contributed by atoms with van der Waals surface area (Å²) in [6.45, 7) is 2.13. The minimum absolute atomic E-state index is 0.0199. The molecule has 1 saturated carbocycles. The molecule has 1 fully saturated rings. The van der Waals surface area contributed by atoms with Crippen molar-refractivity contribution in [1.82, 2.24) is 4.90 Å². The summed E-state index contributed by atoms with van der Waals surface area (Å²) in [6.07, 6.45) is 1.98. The van der Waals surface area contributed by atoms with E-state index in [1.54, 1.807) is 26.2 Å². The molecule has 0 saturated heterocycles. The number of benzene rings is 1. The Bertz CT molecular complexity index is 1260. The molecule has 0 aromatic heterocycles. The molecule has 5 rings (SSSR count).